The van der Waals surface area contributed by atoms with Gasteiger partial charge in [-0.15, -0.1) is 26.3 Å². The molecule has 0 amide bonds. The number of hydrogen-bond donors (Lipinski definition) is 7. The van der Waals surface area contributed by atoms with Crippen molar-refractivity contribution in [1.82, 2.24) is 39.4 Å². The minimum Gasteiger partial charge on any atom is -0.395 e. The Morgan fingerprint density at radius 2 is 2.00 bits per heavy atom. The second kappa shape index (κ2) is 12.9. The summed E-state index contributed by atoms with van der Waals surface area (Å²) in [5.41, 5.74) is 19.2. The molecule has 45 heavy (non-hydrogen) atoms. The van der Waals surface area contributed by atoms with Gasteiger partial charge in [0.25, 0.3) is 0 Å². The van der Waals surface area contributed by atoms with E-state index >= 15 is 4.39 Å². The van der Waals surface area contributed by atoms with E-state index in [0.29, 0.717) is 28.0 Å². The van der Waals surface area contributed by atoms with Gasteiger partial charge in [-0.25, -0.2) is 19.3 Å². The van der Waals surface area contributed by atoms with Crippen molar-refractivity contribution < 1.29 is 28.2 Å². The van der Waals surface area contributed by atoms with E-state index < -0.39 is 63.4 Å². The molecule has 0 aromatic carbocycles. The predicted molar refractivity (Wildman–Crippen MR) is 167 cm³/mol. The monoisotopic (exact) mass is 683 g/mol. The quantitative estimate of drug-likeness (QED) is 0.114. The van der Waals surface area contributed by atoms with Crippen LogP contribution in [0, 0.1) is 0 Å². The largest absolute Gasteiger partial charge is 0.505 e. The van der Waals surface area contributed by atoms with Gasteiger partial charge in [0, 0.05) is 13.2 Å². The molecule has 0 radical (unpaired) electrons. The maximum Gasteiger partial charge on any atom is 0.505 e. The maximum absolute atomic E-state index is 15.9. The minimum absolute atomic E-state index is 0.0543. The lowest BCUT2D eigenvalue weighted by Gasteiger charge is -2.18. The first-order chi connectivity index (χ1) is 21.6. The van der Waals surface area contributed by atoms with Crippen LogP contribution in [0.25, 0.3) is 22.2 Å². The third-order valence-electron chi connectivity index (χ3n) is 7.59. The number of nitrogen functional groups attached to an aromatic ring is 2. The summed E-state index contributed by atoms with van der Waals surface area (Å²) in [6.07, 6.45) is -1.17. The molecule has 4 aromatic rings. The van der Waals surface area contributed by atoms with E-state index in [-0.39, 0.29) is 24.9 Å². The minimum atomic E-state index is -2.15. The van der Waals surface area contributed by atoms with E-state index in [2.05, 4.69) is 40.3 Å². The second-order valence-corrected chi connectivity index (χ2v) is 13.9. The lowest BCUT2D eigenvalue weighted by atomic mass is 10.1. The highest BCUT2D eigenvalue weighted by Crippen LogP contribution is 2.47. The summed E-state index contributed by atoms with van der Waals surface area (Å²) in [6, 6.07) is 1.04. The number of hydrogen-bond acceptors (Lipinski definition) is 16. The van der Waals surface area contributed by atoms with Gasteiger partial charge in [0.1, 0.15) is 47.5 Å². The average molecular weight is 684 g/mol. The Balaban J connectivity index is 1.24. The number of aromatic nitrogens is 7. The van der Waals surface area contributed by atoms with Crippen molar-refractivity contribution in [2.45, 2.75) is 47.3 Å². The number of nitrogens with one attached hydrogen (secondary N) is 2. The van der Waals surface area contributed by atoms with Gasteiger partial charge in [-0.2, -0.15) is 9.97 Å². The van der Waals surface area contributed by atoms with Gasteiger partial charge < -0.3 is 31.6 Å². The van der Waals surface area contributed by atoms with Gasteiger partial charge in [-0.05, 0) is 10.6 Å². The van der Waals surface area contributed by atoms with Gasteiger partial charge in [0.05, 0.1) is 29.6 Å². The number of nitrogens with two attached hydrogens (primary N) is 3. The number of rotatable bonds is 10. The Hall–Kier alpha value is -3.19. The zero-order valence-electron chi connectivity index (χ0n) is 24.0. The lowest BCUT2D eigenvalue weighted by Crippen LogP contribution is -2.36. The van der Waals surface area contributed by atoms with E-state index in [1.807, 2.05) is 0 Å². The van der Waals surface area contributed by atoms with Gasteiger partial charge >= 0.3 is 16.1 Å². The third-order valence-corrected chi connectivity index (χ3v) is 10.6. The Labute approximate surface area is 261 Å². The van der Waals surface area contributed by atoms with E-state index in [9.17, 15) is 14.8 Å². The fraction of sp³-hybridized carbons (Fsp3) is 0.522. The molecule has 0 saturated carbocycles. The molecular formula is C23H32FN13O5P2S+2. The number of aliphatic hydroxyl groups is 2. The van der Waals surface area contributed by atoms with Crippen LogP contribution in [0.3, 0.4) is 0 Å². The summed E-state index contributed by atoms with van der Waals surface area (Å²) >= 11 is 1.24. The molecule has 10 N–H and O–H groups in total. The number of alkyl halides is 1. The van der Waals surface area contributed by atoms with Crippen molar-refractivity contribution in [1.29, 1.82) is 0 Å². The standard InChI is InChI=1S/C23H32FN13O5P2S/c1-28-18-9-3-4-36(19(9)30-7-29-18)20-12(24)15(41-43(2)40)10(33-20)5-32-44(27)42-16-14(39)11(6-38)45-22(16)37-8-31-13-17(25)34-23(26)35-21(13)37/h3-4,7-8,10-12,14-16,20,22,33,38-39H,5-6H2,1-2H3,(H2,27,32)(H,28,29,30)(H4,25,26,34,35)/q+2. The molecule has 4 aromatic heterocycles. The predicted octanol–water partition coefficient (Wildman–Crippen LogP) is 0.850. The highest BCUT2D eigenvalue weighted by Gasteiger charge is 2.51. The molecule has 2 aliphatic rings. The first kappa shape index (κ1) is 31.8. The molecule has 2 saturated heterocycles. The molecular weight excluding hydrogens is 651 g/mol. The van der Waals surface area contributed by atoms with E-state index in [1.165, 1.54) is 31.1 Å². The molecule has 2 aliphatic heterocycles. The number of nitrogens with zero attached hydrogens (tertiary/aromatic N) is 8. The SMILES string of the molecule is CNc1ncnc2c1ccn2C1NC(CN=[P+](N)OC2C(O)C(CO)SC2n2cnc3c(N)nc(N)nc32)C(O[P+](C)=O)C1F. The molecule has 2 fully saturated rings. The van der Waals surface area contributed by atoms with Crippen molar-refractivity contribution in [3.8, 4) is 0 Å². The summed E-state index contributed by atoms with van der Waals surface area (Å²) in [4.78, 5) is 21.0. The van der Waals surface area contributed by atoms with Crippen molar-refractivity contribution in [3.05, 3.63) is 24.9 Å². The highest BCUT2D eigenvalue weighted by molar-refractivity contribution is 8.00. The van der Waals surface area contributed by atoms with Gasteiger partial charge in [-0.3, -0.25) is 9.88 Å². The van der Waals surface area contributed by atoms with Crippen LogP contribution in [0.4, 0.5) is 22.0 Å². The van der Waals surface area contributed by atoms with Crippen LogP contribution in [0.1, 0.15) is 11.5 Å². The number of thioether (sulfide) groups is 1. The third kappa shape index (κ3) is 5.93. The van der Waals surface area contributed by atoms with Crippen LogP contribution in [0.2, 0.25) is 0 Å². The first-order valence-electron chi connectivity index (χ1n) is 13.7. The van der Waals surface area contributed by atoms with E-state index in [4.69, 9.17) is 26.0 Å². The molecule has 10 atom stereocenters. The molecule has 22 heteroatoms. The van der Waals surface area contributed by atoms with Gasteiger partial charge in [0.15, 0.2) is 36.5 Å². The number of aliphatic hydroxyl groups excluding tert-OH is 2. The molecule has 18 nitrogen and oxygen atoms in total. The summed E-state index contributed by atoms with van der Waals surface area (Å²) < 4.78 is 47.3. The van der Waals surface area contributed by atoms with Crippen LogP contribution in [0.5, 0.6) is 0 Å². The number of anilines is 3. The van der Waals surface area contributed by atoms with E-state index in [0.717, 1.165) is 0 Å². The second-order valence-electron chi connectivity index (χ2n) is 10.3. The zero-order valence-corrected chi connectivity index (χ0v) is 26.6. The molecule has 6 rings (SSSR count). The van der Waals surface area contributed by atoms with Crippen LogP contribution >= 0.6 is 27.9 Å². The molecule has 10 unspecified atom stereocenters. The first-order valence-corrected chi connectivity index (χ1v) is 17.5. The number of fused-ring (bicyclic) bond motifs is 2. The van der Waals surface area contributed by atoms with Crippen molar-refractivity contribution in [3.63, 3.8) is 0 Å². The average Bonchev–Trinajstić information content (AvgIpc) is 3.77. The molecule has 240 valence electrons. The Morgan fingerprint density at radius 1 is 1.20 bits per heavy atom. The fourth-order valence-electron chi connectivity index (χ4n) is 5.57. The fourth-order valence-corrected chi connectivity index (χ4v) is 8.57. The van der Waals surface area contributed by atoms with Crippen LogP contribution in [0.15, 0.2) is 29.7 Å². The summed E-state index contributed by atoms with van der Waals surface area (Å²) in [7, 11) is -2.46. The van der Waals surface area contributed by atoms with Crippen LogP contribution in [-0.4, -0.2) is 107 Å². The highest BCUT2D eigenvalue weighted by atomic mass is 32.2. The molecule has 0 aliphatic carbocycles. The van der Waals surface area contributed by atoms with Crippen LogP contribution < -0.4 is 27.6 Å². The summed E-state index contributed by atoms with van der Waals surface area (Å²) in [6.45, 7) is 0.964. The number of imidazole rings is 1. The summed E-state index contributed by atoms with van der Waals surface area (Å²) in [5, 5.41) is 26.6. The Bertz CT molecular complexity index is 1760. The van der Waals surface area contributed by atoms with Crippen molar-refractivity contribution in [2.24, 2.45) is 10.2 Å². The van der Waals surface area contributed by atoms with Crippen molar-refractivity contribution >= 4 is 67.7 Å². The Kier molecular flexibility index (Phi) is 9.11. The summed E-state index contributed by atoms with van der Waals surface area (Å²) in [5.74, 6) is 0.625. The van der Waals surface area contributed by atoms with Crippen LogP contribution in [-0.2, 0) is 13.6 Å². The number of halogens is 1. The molecule has 0 spiro atoms. The van der Waals surface area contributed by atoms with Gasteiger partial charge in [0.2, 0.25) is 5.95 Å². The lowest BCUT2D eigenvalue weighted by molar-refractivity contribution is 0.0342. The van der Waals surface area contributed by atoms with E-state index in [1.54, 1.807) is 28.4 Å². The normalized spacial score (nSPS) is 29.2. The smallest absolute Gasteiger partial charge is 0.395 e. The Morgan fingerprint density at radius 3 is 2.73 bits per heavy atom. The molecule has 0 bridgehead atoms. The zero-order chi connectivity index (χ0) is 32.0. The van der Waals surface area contributed by atoms with Crippen molar-refractivity contribution in [2.75, 3.05) is 43.6 Å². The molecule has 6 heterocycles. The topological polar surface area (TPSA) is 265 Å². The maximum atomic E-state index is 15.9. The van der Waals surface area contributed by atoms with Gasteiger partial charge in [-0.1, -0.05) is 4.74 Å².